The van der Waals surface area contributed by atoms with Gasteiger partial charge in [0, 0.05) is 49.2 Å². The minimum Gasteiger partial charge on any atom is -0.461 e. The van der Waals surface area contributed by atoms with Gasteiger partial charge in [0.05, 0.1) is 27.4 Å². The zero-order chi connectivity index (χ0) is 28.3. The van der Waals surface area contributed by atoms with Crippen LogP contribution in [0.1, 0.15) is 25.7 Å². The van der Waals surface area contributed by atoms with Gasteiger partial charge in [-0.1, -0.05) is 22.9 Å². The molecule has 0 bridgehead atoms. The number of hydrogen-bond acceptors (Lipinski definition) is 9. The van der Waals surface area contributed by atoms with Crippen molar-refractivity contribution in [2.45, 2.75) is 37.4 Å². The summed E-state index contributed by atoms with van der Waals surface area (Å²) in [5.74, 6) is -0.709. The van der Waals surface area contributed by atoms with Gasteiger partial charge in [-0.3, -0.25) is 4.90 Å². The second kappa shape index (κ2) is 10.4. The first-order chi connectivity index (χ1) is 19.8. The van der Waals surface area contributed by atoms with E-state index in [1.807, 2.05) is 4.90 Å². The lowest BCUT2D eigenvalue weighted by molar-refractivity contribution is 0.107. The number of alkyl halides is 1. The molecule has 0 saturated carbocycles. The molecule has 0 spiro atoms. The van der Waals surface area contributed by atoms with E-state index >= 15 is 4.39 Å². The van der Waals surface area contributed by atoms with Gasteiger partial charge in [-0.25, -0.2) is 18.2 Å². The van der Waals surface area contributed by atoms with Crippen molar-refractivity contribution in [2.24, 2.45) is 0 Å². The number of nitrogen functional groups attached to an aromatic ring is 1. The summed E-state index contributed by atoms with van der Waals surface area (Å²) >= 11 is 7.72. The number of halogens is 4. The Labute approximate surface area is 243 Å². The Bertz CT molecular complexity index is 1650. The van der Waals surface area contributed by atoms with Gasteiger partial charge < -0.3 is 20.1 Å². The number of benzene rings is 2. The van der Waals surface area contributed by atoms with E-state index in [2.05, 4.69) is 14.9 Å². The quantitative estimate of drug-likeness (QED) is 0.315. The number of nitrogens with zero attached hydrogens (tertiary/aromatic N) is 5. The molecular formula is C28H28ClF3N6O2S. The molecule has 3 aliphatic rings. The van der Waals surface area contributed by atoms with E-state index < -0.39 is 23.3 Å². The van der Waals surface area contributed by atoms with Crippen LogP contribution in [0.2, 0.25) is 5.02 Å². The Morgan fingerprint density at radius 2 is 2.00 bits per heavy atom. The molecule has 2 aromatic heterocycles. The molecule has 0 unspecified atom stereocenters. The highest BCUT2D eigenvalue weighted by Gasteiger charge is 2.49. The average molecular weight is 605 g/mol. The molecule has 0 amide bonds. The minimum atomic E-state index is -0.904. The standard InChI is InChI=1S/C28H28ClF3N6O2S/c29-18-11-17-22(21(32)20(18)16-3-4-19(31)24-23(16)34-26(33)41-24)35-27(36-25(17)37-6-2-9-39-10-8-37)40-14-28-5-1-7-38(28)13-15(30)12-28/h3-4,11,15H,1-2,5-10,12-14H2,(H2,33,34)/t15-,28+/m1/s1. The summed E-state index contributed by atoms with van der Waals surface area (Å²) in [5.41, 5.74) is 6.06. The molecule has 0 aliphatic carbocycles. The maximum Gasteiger partial charge on any atom is 0.319 e. The van der Waals surface area contributed by atoms with Crippen LogP contribution in [0.5, 0.6) is 6.01 Å². The van der Waals surface area contributed by atoms with E-state index in [1.165, 1.54) is 12.1 Å². The second-order valence-corrected chi connectivity index (χ2v) is 12.4. The lowest BCUT2D eigenvalue weighted by Crippen LogP contribution is -2.43. The first-order valence-electron chi connectivity index (χ1n) is 13.7. The summed E-state index contributed by atoms with van der Waals surface area (Å²) in [6, 6.07) is 4.34. The molecule has 2 aromatic carbocycles. The zero-order valence-corrected chi connectivity index (χ0v) is 23.7. The first kappa shape index (κ1) is 26.9. The van der Waals surface area contributed by atoms with Crippen molar-refractivity contribution >= 4 is 55.0 Å². The number of thiazole rings is 1. The van der Waals surface area contributed by atoms with E-state index in [9.17, 15) is 8.78 Å². The predicted molar refractivity (Wildman–Crippen MR) is 154 cm³/mol. The topological polar surface area (TPSA) is 89.6 Å². The summed E-state index contributed by atoms with van der Waals surface area (Å²) in [5, 5.41) is 0.696. The third kappa shape index (κ3) is 4.65. The molecule has 8 nitrogen and oxygen atoms in total. The highest BCUT2D eigenvalue weighted by molar-refractivity contribution is 7.22. The second-order valence-electron chi connectivity index (χ2n) is 10.9. The van der Waals surface area contributed by atoms with Crippen LogP contribution in [0.25, 0.3) is 32.2 Å². The molecule has 7 rings (SSSR count). The molecule has 3 aliphatic heterocycles. The molecule has 2 atom stereocenters. The zero-order valence-electron chi connectivity index (χ0n) is 22.1. The number of anilines is 2. The van der Waals surface area contributed by atoms with Crippen molar-refractivity contribution in [1.82, 2.24) is 19.9 Å². The Kier molecular flexibility index (Phi) is 6.84. The van der Waals surface area contributed by atoms with Gasteiger partial charge in [-0.05, 0) is 44.0 Å². The van der Waals surface area contributed by atoms with Crippen molar-refractivity contribution < 1.29 is 22.6 Å². The number of nitrogens with two attached hydrogens (primary N) is 1. The molecule has 216 valence electrons. The van der Waals surface area contributed by atoms with Gasteiger partial charge >= 0.3 is 6.01 Å². The van der Waals surface area contributed by atoms with Crippen molar-refractivity contribution in [3.63, 3.8) is 0 Å². The maximum absolute atomic E-state index is 16.6. The van der Waals surface area contributed by atoms with Crippen LogP contribution >= 0.6 is 22.9 Å². The summed E-state index contributed by atoms with van der Waals surface area (Å²) in [6.07, 6.45) is 2.05. The van der Waals surface area contributed by atoms with Gasteiger partial charge in [-0.15, -0.1) is 0 Å². The summed E-state index contributed by atoms with van der Waals surface area (Å²) in [4.78, 5) is 17.7. The van der Waals surface area contributed by atoms with E-state index in [0.717, 1.165) is 37.1 Å². The van der Waals surface area contributed by atoms with Gasteiger partial charge in [0.25, 0.3) is 0 Å². The van der Waals surface area contributed by atoms with Crippen LogP contribution in [-0.2, 0) is 4.74 Å². The molecule has 41 heavy (non-hydrogen) atoms. The Hall–Kier alpha value is -2.93. The third-order valence-electron chi connectivity index (χ3n) is 8.38. The number of hydrogen-bond donors (Lipinski definition) is 1. The number of ether oxygens (including phenoxy) is 2. The fourth-order valence-corrected chi connectivity index (χ4v) is 7.57. The highest BCUT2D eigenvalue weighted by Crippen LogP contribution is 2.44. The number of rotatable bonds is 5. The molecule has 13 heteroatoms. The van der Waals surface area contributed by atoms with Crippen LogP contribution in [0.4, 0.5) is 24.1 Å². The molecule has 0 radical (unpaired) electrons. The third-order valence-corrected chi connectivity index (χ3v) is 9.57. The summed E-state index contributed by atoms with van der Waals surface area (Å²) < 4.78 is 57.5. The predicted octanol–water partition coefficient (Wildman–Crippen LogP) is 5.60. The normalized spacial score (nSPS) is 23.4. The molecule has 4 aromatic rings. The van der Waals surface area contributed by atoms with Gasteiger partial charge in [0.15, 0.2) is 10.9 Å². The summed E-state index contributed by atoms with van der Waals surface area (Å²) in [7, 11) is 0. The van der Waals surface area contributed by atoms with Crippen LogP contribution in [0.3, 0.4) is 0 Å². The van der Waals surface area contributed by atoms with Crippen LogP contribution < -0.4 is 15.4 Å². The molecular weight excluding hydrogens is 577 g/mol. The smallest absolute Gasteiger partial charge is 0.319 e. The van der Waals surface area contributed by atoms with Crippen molar-refractivity contribution in [2.75, 3.05) is 56.6 Å². The van der Waals surface area contributed by atoms with Gasteiger partial charge in [0.2, 0.25) is 0 Å². The monoisotopic (exact) mass is 604 g/mol. The number of fused-ring (bicyclic) bond motifs is 3. The largest absolute Gasteiger partial charge is 0.461 e. The molecule has 3 saturated heterocycles. The fourth-order valence-electron chi connectivity index (χ4n) is 6.51. The lowest BCUT2D eigenvalue weighted by Gasteiger charge is -2.31. The molecule has 5 heterocycles. The van der Waals surface area contributed by atoms with E-state index in [1.54, 1.807) is 6.07 Å². The first-order valence-corrected chi connectivity index (χ1v) is 14.9. The maximum atomic E-state index is 16.6. The van der Waals surface area contributed by atoms with Crippen molar-refractivity contribution in [3.8, 4) is 17.1 Å². The summed E-state index contributed by atoms with van der Waals surface area (Å²) in [6.45, 7) is 3.72. The lowest BCUT2D eigenvalue weighted by atomic mass is 9.95. The Morgan fingerprint density at radius 1 is 1.12 bits per heavy atom. The van der Waals surface area contributed by atoms with Crippen LogP contribution in [-0.4, -0.2) is 77.6 Å². The highest BCUT2D eigenvalue weighted by atomic mass is 35.5. The fraction of sp³-hybridized carbons (Fsp3) is 0.464. The van der Waals surface area contributed by atoms with Crippen molar-refractivity contribution in [3.05, 3.63) is 34.9 Å². The molecule has 3 fully saturated rings. The van der Waals surface area contributed by atoms with E-state index in [0.29, 0.717) is 56.0 Å². The van der Waals surface area contributed by atoms with Crippen LogP contribution in [0, 0.1) is 11.6 Å². The molecule has 2 N–H and O–H groups in total. The van der Waals surface area contributed by atoms with E-state index in [4.69, 9.17) is 31.8 Å². The Morgan fingerprint density at radius 3 is 2.88 bits per heavy atom. The van der Waals surface area contributed by atoms with E-state index in [-0.39, 0.29) is 44.1 Å². The number of aromatic nitrogens is 3. The van der Waals surface area contributed by atoms with Crippen molar-refractivity contribution in [1.29, 1.82) is 0 Å². The Balaban J connectivity index is 1.37. The van der Waals surface area contributed by atoms with Crippen LogP contribution in [0.15, 0.2) is 18.2 Å². The minimum absolute atomic E-state index is 0.00975. The van der Waals surface area contributed by atoms with Gasteiger partial charge in [0.1, 0.15) is 29.9 Å². The van der Waals surface area contributed by atoms with Gasteiger partial charge in [-0.2, -0.15) is 9.97 Å². The SMILES string of the molecule is Nc1nc2c(-c3c(Cl)cc4c(N5CCCOCC5)nc(OC[C@@]56CCCN5C[C@H](F)C6)nc4c3F)ccc(F)c2s1. The average Bonchev–Trinajstić information content (AvgIpc) is 3.52.